The van der Waals surface area contributed by atoms with Gasteiger partial charge in [0.05, 0.1) is 0 Å². The molecule has 3 heteroatoms. The molecule has 1 aromatic carbocycles. The summed E-state index contributed by atoms with van der Waals surface area (Å²) in [5.74, 6) is 0. The van der Waals surface area contributed by atoms with E-state index in [-0.39, 0.29) is 6.04 Å². The van der Waals surface area contributed by atoms with Crippen molar-refractivity contribution in [2.75, 3.05) is 0 Å². The molecule has 0 spiro atoms. The molecule has 3 aromatic rings. The van der Waals surface area contributed by atoms with E-state index in [0.29, 0.717) is 0 Å². The van der Waals surface area contributed by atoms with Crippen molar-refractivity contribution in [3.63, 3.8) is 0 Å². The maximum absolute atomic E-state index is 6.34. The number of aromatic nitrogens is 2. The van der Waals surface area contributed by atoms with E-state index in [0.717, 1.165) is 22.9 Å². The van der Waals surface area contributed by atoms with Crippen molar-refractivity contribution in [2.45, 2.75) is 12.5 Å². The third kappa shape index (κ3) is 2.46. The maximum atomic E-state index is 6.34. The van der Waals surface area contributed by atoms with Crippen LogP contribution in [0, 0.1) is 0 Å². The van der Waals surface area contributed by atoms with E-state index < -0.39 is 0 Å². The van der Waals surface area contributed by atoms with Crippen LogP contribution < -0.4 is 5.73 Å². The van der Waals surface area contributed by atoms with Gasteiger partial charge in [-0.2, -0.15) is 0 Å². The Labute approximate surface area is 112 Å². The van der Waals surface area contributed by atoms with Gasteiger partial charge in [-0.25, -0.2) is 0 Å². The topological polar surface area (TPSA) is 51.8 Å². The van der Waals surface area contributed by atoms with Gasteiger partial charge in [0, 0.05) is 36.2 Å². The first-order valence-electron chi connectivity index (χ1n) is 6.32. The Morgan fingerprint density at radius 2 is 1.84 bits per heavy atom. The highest BCUT2D eigenvalue weighted by Crippen LogP contribution is 2.24. The number of benzene rings is 1. The van der Waals surface area contributed by atoms with E-state index >= 15 is 0 Å². The van der Waals surface area contributed by atoms with Gasteiger partial charge in [0.15, 0.2) is 0 Å². The quantitative estimate of drug-likeness (QED) is 0.776. The summed E-state index contributed by atoms with van der Waals surface area (Å²) in [6.07, 6.45) is 8.11. The first-order valence-corrected chi connectivity index (χ1v) is 6.32. The lowest BCUT2D eigenvalue weighted by Gasteiger charge is -2.14. The Kier molecular flexibility index (Phi) is 3.21. The predicted molar refractivity (Wildman–Crippen MR) is 76.6 cm³/mol. The number of pyridine rings is 2. The summed E-state index contributed by atoms with van der Waals surface area (Å²) in [5, 5.41) is 2.30. The van der Waals surface area contributed by atoms with E-state index in [9.17, 15) is 0 Å². The summed E-state index contributed by atoms with van der Waals surface area (Å²) in [6.45, 7) is 0. The van der Waals surface area contributed by atoms with Crippen LogP contribution in [0.5, 0.6) is 0 Å². The Hall–Kier alpha value is -2.26. The van der Waals surface area contributed by atoms with Crippen LogP contribution in [-0.4, -0.2) is 9.97 Å². The third-order valence-electron chi connectivity index (χ3n) is 3.29. The zero-order chi connectivity index (χ0) is 13.1. The number of nitrogens with zero attached hydrogens (tertiary/aromatic N) is 2. The Bertz CT molecular complexity index is 674. The minimum Gasteiger partial charge on any atom is -0.324 e. The van der Waals surface area contributed by atoms with Crippen molar-refractivity contribution in [1.29, 1.82) is 0 Å². The highest BCUT2D eigenvalue weighted by Gasteiger charge is 2.10. The number of fused-ring (bicyclic) bond motifs is 1. The molecule has 0 bridgehead atoms. The normalized spacial score (nSPS) is 12.5. The van der Waals surface area contributed by atoms with Crippen LogP contribution >= 0.6 is 0 Å². The van der Waals surface area contributed by atoms with E-state index in [1.165, 1.54) is 5.39 Å². The van der Waals surface area contributed by atoms with E-state index in [4.69, 9.17) is 5.73 Å². The van der Waals surface area contributed by atoms with E-state index in [1.54, 1.807) is 6.20 Å². The van der Waals surface area contributed by atoms with Gasteiger partial charge in [-0.3, -0.25) is 9.97 Å². The zero-order valence-electron chi connectivity index (χ0n) is 10.5. The van der Waals surface area contributed by atoms with Gasteiger partial charge < -0.3 is 5.73 Å². The smallest absolute Gasteiger partial charge is 0.0346 e. The number of nitrogens with two attached hydrogens (primary N) is 1. The second-order valence-corrected chi connectivity index (χ2v) is 4.62. The van der Waals surface area contributed by atoms with Gasteiger partial charge in [0.25, 0.3) is 0 Å². The minimum atomic E-state index is -0.0321. The molecule has 0 aliphatic rings. The second kappa shape index (κ2) is 5.16. The first kappa shape index (κ1) is 11.8. The Morgan fingerprint density at radius 3 is 2.68 bits per heavy atom. The van der Waals surface area contributed by atoms with Crippen LogP contribution in [0.1, 0.15) is 17.2 Å². The molecule has 0 aliphatic carbocycles. The Morgan fingerprint density at radius 1 is 0.947 bits per heavy atom. The molecule has 0 amide bonds. The first-order chi connectivity index (χ1) is 9.34. The highest BCUT2D eigenvalue weighted by atomic mass is 14.7. The van der Waals surface area contributed by atoms with Crippen LogP contribution in [0.25, 0.3) is 10.8 Å². The van der Waals surface area contributed by atoms with Gasteiger partial charge in [-0.05, 0) is 35.1 Å². The standard InChI is InChI=1S/C16H15N3/c17-16(9-12-3-2-7-18-10-12)15-5-1-4-13-11-19-8-6-14(13)15/h1-8,10-11,16H,9,17H2. The van der Waals surface area contributed by atoms with Crippen LogP contribution in [0.2, 0.25) is 0 Å². The summed E-state index contributed by atoms with van der Waals surface area (Å²) in [6, 6.07) is 12.2. The van der Waals surface area contributed by atoms with Gasteiger partial charge in [-0.1, -0.05) is 24.3 Å². The summed E-state index contributed by atoms with van der Waals surface area (Å²) in [7, 11) is 0. The molecule has 94 valence electrons. The zero-order valence-corrected chi connectivity index (χ0v) is 10.5. The molecule has 1 atom stereocenters. The molecule has 0 fully saturated rings. The second-order valence-electron chi connectivity index (χ2n) is 4.62. The van der Waals surface area contributed by atoms with Gasteiger partial charge in [0.2, 0.25) is 0 Å². The molecule has 2 N–H and O–H groups in total. The molecule has 19 heavy (non-hydrogen) atoms. The molecule has 3 rings (SSSR count). The molecular weight excluding hydrogens is 234 g/mol. The van der Waals surface area contributed by atoms with E-state index in [1.807, 2.05) is 36.8 Å². The molecule has 0 radical (unpaired) electrons. The molecule has 2 heterocycles. The fourth-order valence-corrected chi connectivity index (χ4v) is 2.35. The molecule has 0 saturated heterocycles. The molecule has 1 unspecified atom stereocenters. The lowest BCUT2D eigenvalue weighted by Crippen LogP contribution is -2.13. The van der Waals surface area contributed by atoms with Crippen molar-refractivity contribution in [3.8, 4) is 0 Å². The lowest BCUT2D eigenvalue weighted by molar-refractivity contribution is 0.725. The predicted octanol–water partition coefficient (Wildman–Crippen LogP) is 2.87. The summed E-state index contributed by atoms with van der Waals surface area (Å²) < 4.78 is 0. The van der Waals surface area contributed by atoms with Gasteiger partial charge in [0.1, 0.15) is 0 Å². The summed E-state index contributed by atoms with van der Waals surface area (Å²) >= 11 is 0. The monoisotopic (exact) mass is 249 g/mol. The highest BCUT2D eigenvalue weighted by molar-refractivity contribution is 5.85. The van der Waals surface area contributed by atoms with Crippen LogP contribution in [-0.2, 0) is 6.42 Å². The average Bonchev–Trinajstić information content (AvgIpc) is 2.47. The van der Waals surface area contributed by atoms with Crippen molar-refractivity contribution in [2.24, 2.45) is 5.73 Å². The summed E-state index contributed by atoms with van der Waals surface area (Å²) in [4.78, 5) is 8.27. The third-order valence-corrected chi connectivity index (χ3v) is 3.29. The van der Waals surface area contributed by atoms with Crippen LogP contribution in [0.3, 0.4) is 0 Å². The van der Waals surface area contributed by atoms with Crippen molar-refractivity contribution in [3.05, 3.63) is 72.3 Å². The van der Waals surface area contributed by atoms with Crippen LogP contribution in [0.4, 0.5) is 0 Å². The number of hydrogen-bond acceptors (Lipinski definition) is 3. The van der Waals surface area contributed by atoms with Crippen LogP contribution in [0.15, 0.2) is 61.2 Å². The molecular formula is C16H15N3. The fourth-order valence-electron chi connectivity index (χ4n) is 2.35. The minimum absolute atomic E-state index is 0.0321. The van der Waals surface area contributed by atoms with Gasteiger partial charge in [-0.15, -0.1) is 0 Å². The maximum Gasteiger partial charge on any atom is 0.0346 e. The lowest BCUT2D eigenvalue weighted by atomic mass is 9.96. The van der Waals surface area contributed by atoms with Crippen molar-refractivity contribution in [1.82, 2.24) is 9.97 Å². The Balaban J connectivity index is 1.96. The molecule has 2 aromatic heterocycles. The SMILES string of the molecule is NC(Cc1cccnc1)c1cccc2cnccc12. The number of hydrogen-bond donors (Lipinski definition) is 1. The number of rotatable bonds is 3. The summed E-state index contributed by atoms with van der Waals surface area (Å²) in [5.41, 5.74) is 8.65. The van der Waals surface area contributed by atoms with E-state index in [2.05, 4.69) is 28.2 Å². The average molecular weight is 249 g/mol. The molecule has 0 saturated carbocycles. The fraction of sp³-hybridized carbons (Fsp3) is 0.125. The van der Waals surface area contributed by atoms with Crippen molar-refractivity contribution < 1.29 is 0 Å². The molecule has 3 nitrogen and oxygen atoms in total. The molecule has 0 aliphatic heterocycles. The largest absolute Gasteiger partial charge is 0.324 e. The van der Waals surface area contributed by atoms with Gasteiger partial charge >= 0.3 is 0 Å². The van der Waals surface area contributed by atoms with Crippen molar-refractivity contribution >= 4 is 10.8 Å².